The van der Waals surface area contributed by atoms with Gasteiger partial charge in [0.2, 0.25) is 0 Å². The highest BCUT2D eigenvalue weighted by molar-refractivity contribution is 14.1. The number of hydrogen-bond acceptors (Lipinski definition) is 3. The largest absolute Gasteiger partial charge is 0.335 e. The zero-order chi connectivity index (χ0) is 16.3. The number of hydrogen-bond donors (Lipinski definition) is 0. The van der Waals surface area contributed by atoms with Crippen LogP contribution in [0.1, 0.15) is 28.9 Å². The van der Waals surface area contributed by atoms with E-state index in [-0.39, 0.29) is 17.6 Å². The van der Waals surface area contributed by atoms with Crippen LogP contribution in [0.3, 0.4) is 0 Å². The SMILES string of the molecule is CC(c1cccc([N+](=O)[O-])c1)N(C)C(=O)c1ccccc1I. The Balaban J connectivity index is 2.27. The Kier molecular flexibility index (Phi) is 5.12. The van der Waals surface area contributed by atoms with E-state index >= 15 is 0 Å². The van der Waals surface area contributed by atoms with Gasteiger partial charge in [0.25, 0.3) is 11.6 Å². The van der Waals surface area contributed by atoms with Gasteiger partial charge in [0.15, 0.2) is 0 Å². The van der Waals surface area contributed by atoms with Crippen molar-refractivity contribution >= 4 is 34.2 Å². The molecule has 0 aromatic heterocycles. The fraction of sp³-hybridized carbons (Fsp3) is 0.188. The summed E-state index contributed by atoms with van der Waals surface area (Å²) in [6.45, 7) is 1.85. The van der Waals surface area contributed by atoms with Crippen LogP contribution in [0.4, 0.5) is 5.69 Å². The Morgan fingerprint density at radius 1 is 1.23 bits per heavy atom. The summed E-state index contributed by atoms with van der Waals surface area (Å²) in [5.41, 5.74) is 1.39. The molecule has 6 heteroatoms. The van der Waals surface area contributed by atoms with E-state index in [9.17, 15) is 14.9 Å². The molecule has 2 aromatic rings. The molecular formula is C16H15IN2O3. The van der Waals surface area contributed by atoms with Crippen molar-refractivity contribution in [1.82, 2.24) is 4.90 Å². The topological polar surface area (TPSA) is 63.5 Å². The second-order valence-corrected chi connectivity index (χ2v) is 6.09. The molecule has 0 bridgehead atoms. The number of halogens is 1. The van der Waals surface area contributed by atoms with Crippen LogP contribution in [0.2, 0.25) is 0 Å². The first-order valence-electron chi connectivity index (χ1n) is 6.68. The molecule has 2 aromatic carbocycles. The number of nitro benzene ring substituents is 1. The Morgan fingerprint density at radius 2 is 1.91 bits per heavy atom. The average molecular weight is 410 g/mol. The Labute approximate surface area is 142 Å². The van der Waals surface area contributed by atoms with Crippen molar-refractivity contribution in [2.75, 3.05) is 7.05 Å². The zero-order valence-electron chi connectivity index (χ0n) is 12.2. The van der Waals surface area contributed by atoms with Crippen molar-refractivity contribution in [2.24, 2.45) is 0 Å². The number of non-ortho nitro benzene ring substituents is 1. The summed E-state index contributed by atoms with van der Waals surface area (Å²) in [5, 5.41) is 10.9. The minimum atomic E-state index is -0.432. The van der Waals surface area contributed by atoms with E-state index in [1.54, 1.807) is 30.1 Å². The molecule has 0 saturated heterocycles. The number of rotatable bonds is 4. The van der Waals surface area contributed by atoms with Crippen LogP contribution in [-0.4, -0.2) is 22.8 Å². The maximum Gasteiger partial charge on any atom is 0.269 e. The number of carbonyl (C=O) groups excluding carboxylic acids is 1. The van der Waals surface area contributed by atoms with E-state index < -0.39 is 4.92 Å². The van der Waals surface area contributed by atoms with Gasteiger partial charge < -0.3 is 4.90 Å². The van der Waals surface area contributed by atoms with Gasteiger partial charge in [-0.3, -0.25) is 14.9 Å². The maximum atomic E-state index is 12.6. The molecule has 1 atom stereocenters. The second-order valence-electron chi connectivity index (χ2n) is 4.92. The van der Waals surface area contributed by atoms with Crippen LogP contribution in [-0.2, 0) is 0 Å². The van der Waals surface area contributed by atoms with Crippen molar-refractivity contribution in [2.45, 2.75) is 13.0 Å². The minimum Gasteiger partial charge on any atom is -0.335 e. The molecule has 114 valence electrons. The molecule has 1 unspecified atom stereocenters. The predicted molar refractivity (Wildman–Crippen MR) is 92.8 cm³/mol. The normalized spacial score (nSPS) is 11.8. The molecular weight excluding hydrogens is 395 g/mol. The van der Waals surface area contributed by atoms with Gasteiger partial charge in [0.05, 0.1) is 16.5 Å². The predicted octanol–water partition coefficient (Wildman–Crippen LogP) is 4.03. The second kappa shape index (κ2) is 6.87. The molecule has 0 spiro atoms. The monoisotopic (exact) mass is 410 g/mol. The fourth-order valence-electron chi connectivity index (χ4n) is 2.12. The smallest absolute Gasteiger partial charge is 0.269 e. The summed E-state index contributed by atoms with van der Waals surface area (Å²) < 4.78 is 0.878. The Hall–Kier alpha value is -1.96. The third-order valence-corrected chi connectivity index (χ3v) is 4.51. The number of carbonyl (C=O) groups is 1. The summed E-state index contributed by atoms with van der Waals surface area (Å²) >= 11 is 2.12. The molecule has 2 rings (SSSR count). The summed E-state index contributed by atoms with van der Waals surface area (Å²) in [6, 6.07) is 13.5. The zero-order valence-corrected chi connectivity index (χ0v) is 14.4. The number of nitro groups is 1. The van der Waals surface area contributed by atoms with E-state index in [4.69, 9.17) is 0 Å². The fourth-order valence-corrected chi connectivity index (χ4v) is 2.74. The van der Waals surface area contributed by atoms with Gasteiger partial charge in [0, 0.05) is 22.8 Å². The van der Waals surface area contributed by atoms with Gasteiger partial charge in [-0.05, 0) is 47.2 Å². The summed E-state index contributed by atoms with van der Waals surface area (Å²) in [4.78, 5) is 24.6. The molecule has 0 saturated carbocycles. The number of amides is 1. The Bertz CT molecular complexity index is 718. The van der Waals surface area contributed by atoms with Gasteiger partial charge >= 0.3 is 0 Å². The lowest BCUT2D eigenvalue weighted by Crippen LogP contribution is -2.30. The van der Waals surface area contributed by atoms with E-state index in [2.05, 4.69) is 22.6 Å². The molecule has 0 heterocycles. The molecule has 0 aliphatic rings. The summed E-state index contributed by atoms with van der Waals surface area (Å²) in [6.07, 6.45) is 0. The third-order valence-electron chi connectivity index (χ3n) is 3.57. The highest BCUT2D eigenvalue weighted by Crippen LogP contribution is 2.25. The van der Waals surface area contributed by atoms with Gasteiger partial charge in [-0.25, -0.2) is 0 Å². The number of benzene rings is 2. The maximum absolute atomic E-state index is 12.6. The van der Waals surface area contributed by atoms with Gasteiger partial charge in [0.1, 0.15) is 0 Å². The highest BCUT2D eigenvalue weighted by Gasteiger charge is 2.21. The third kappa shape index (κ3) is 3.44. The first-order valence-corrected chi connectivity index (χ1v) is 7.75. The molecule has 0 radical (unpaired) electrons. The van der Waals surface area contributed by atoms with Crippen LogP contribution in [0.15, 0.2) is 48.5 Å². The van der Waals surface area contributed by atoms with Crippen molar-refractivity contribution in [3.63, 3.8) is 0 Å². The number of nitrogens with zero attached hydrogens (tertiary/aromatic N) is 2. The molecule has 0 aliphatic carbocycles. The lowest BCUT2D eigenvalue weighted by atomic mass is 10.1. The Morgan fingerprint density at radius 3 is 2.55 bits per heavy atom. The van der Waals surface area contributed by atoms with E-state index in [0.717, 1.165) is 9.13 Å². The molecule has 22 heavy (non-hydrogen) atoms. The van der Waals surface area contributed by atoms with Gasteiger partial charge in [-0.1, -0.05) is 24.3 Å². The first kappa shape index (κ1) is 16.4. The van der Waals surface area contributed by atoms with Crippen LogP contribution in [0.5, 0.6) is 0 Å². The molecule has 5 nitrogen and oxygen atoms in total. The minimum absolute atomic E-state index is 0.0273. The molecule has 0 fully saturated rings. The average Bonchev–Trinajstić information content (AvgIpc) is 2.53. The quantitative estimate of drug-likeness (QED) is 0.434. The standard InChI is InChI=1S/C16H15IN2O3/c1-11(12-6-5-7-13(10-12)19(21)22)18(2)16(20)14-8-3-4-9-15(14)17/h3-11H,1-2H3. The lowest BCUT2D eigenvalue weighted by Gasteiger charge is -2.25. The summed E-state index contributed by atoms with van der Waals surface area (Å²) in [7, 11) is 1.70. The molecule has 0 N–H and O–H groups in total. The molecule has 0 aliphatic heterocycles. The van der Waals surface area contributed by atoms with Crippen LogP contribution < -0.4 is 0 Å². The van der Waals surface area contributed by atoms with Crippen molar-refractivity contribution < 1.29 is 9.72 Å². The van der Waals surface area contributed by atoms with Crippen molar-refractivity contribution in [3.05, 3.63) is 73.3 Å². The van der Waals surface area contributed by atoms with Crippen LogP contribution in [0, 0.1) is 13.7 Å². The lowest BCUT2D eigenvalue weighted by molar-refractivity contribution is -0.384. The van der Waals surface area contributed by atoms with Crippen molar-refractivity contribution in [3.8, 4) is 0 Å². The molecule has 1 amide bonds. The van der Waals surface area contributed by atoms with E-state index in [1.165, 1.54) is 12.1 Å². The summed E-state index contributed by atoms with van der Waals surface area (Å²) in [5.74, 6) is -0.107. The van der Waals surface area contributed by atoms with E-state index in [0.29, 0.717) is 5.56 Å². The van der Waals surface area contributed by atoms with Gasteiger partial charge in [-0.15, -0.1) is 0 Å². The van der Waals surface area contributed by atoms with Crippen molar-refractivity contribution in [1.29, 1.82) is 0 Å². The first-order chi connectivity index (χ1) is 10.4. The highest BCUT2D eigenvalue weighted by atomic mass is 127. The van der Waals surface area contributed by atoms with Crippen LogP contribution in [0.25, 0.3) is 0 Å². The van der Waals surface area contributed by atoms with Crippen LogP contribution >= 0.6 is 22.6 Å². The van der Waals surface area contributed by atoms with Gasteiger partial charge in [-0.2, -0.15) is 0 Å². The van der Waals surface area contributed by atoms with E-state index in [1.807, 2.05) is 25.1 Å².